The first-order chi connectivity index (χ1) is 8.57. The van der Waals surface area contributed by atoms with E-state index >= 15 is 0 Å². The highest BCUT2D eigenvalue weighted by molar-refractivity contribution is 6.05. The molecule has 1 aromatic carbocycles. The lowest BCUT2D eigenvalue weighted by atomic mass is 10.1. The fourth-order valence-corrected chi connectivity index (χ4v) is 1.23. The van der Waals surface area contributed by atoms with Crippen molar-refractivity contribution in [3.63, 3.8) is 0 Å². The summed E-state index contributed by atoms with van der Waals surface area (Å²) in [4.78, 5) is 22.1. The molecule has 104 valence electrons. The quantitative estimate of drug-likeness (QED) is 0.683. The van der Waals surface area contributed by atoms with Gasteiger partial charge in [-0.2, -0.15) is 22.0 Å². The first kappa shape index (κ1) is 15.1. The van der Waals surface area contributed by atoms with Crippen LogP contribution in [0.3, 0.4) is 0 Å². The monoisotopic (exact) mass is 281 g/mol. The second-order valence-electron chi connectivity index (χ2n) is 3.63. The second-order valence-corrected chi connectivity index (χ2v) is 3.63. The van der Waals surface area contributed by atoms with E-state index in [1.807, 2.05) is 0 Å². The maximum absolute atomic E-state index is 12.7. The van der Waals surface area contributed by atoms with Gasteiger partial charge in [0.2, 0.25) is 0 Å². The Bertz CT molecular complexity index is 510. The molecular weight excluding hydrogens is 273 g/mol. The summed E-state index contributed by atoms with van der Waals surface area (Å²) in [5.74, 6) is -8.64. The summed E-state index contributed by atoms with van der Waals surface area (Å²) in [6.45, 7) is 1.09. The lowest BCUT2D eigenvalue weighted by molar-refractivity contribution is -0.267. The van der Waals surface area contributed by atoms with Crippen molar-refractivity contribution in [2.75, 3.05) is 5.32 Å². The molecule has 1 rings (SSSR count). The van der Waals surface area contributed by atoms with Crippen molar-refractivity contribution < 1.29 is 31.5 Å². The van der Waals surface area contributed by atoms with E-state index in [0.29, 0.717) is 0 Å². The summed E-state index contributed by atoms with van der Waals surface area (Å²) in [5.41, 5.74) is -0.558. The molecule has 0 bridgehead atoms. The number of Topliss-reactive ketones (excluding diaryl/α,β-unsaturated/α-hetero) is 1. The van der Waals surface area contributed by atoms with Crippen LogP contribution < -0.4 is 5.32 Å². The predicted octanol–water partition coefficient (Wildman–Crippen LogP) is 3.03. The highest BCUT2D eigenvalue weighted by Crippen LogP contribution is 2.36. The largest absolute Gasteiger partial charge is 0.463 e. The smallest absolute Gasteiger partial charge is 0.320 e. The zero-order valence-corrected chi connectivity index (χ0v) is 9.52. The van der Waals surface area contributed by atoms with Gasteiger partial charge in [-0.25, -0.2) is 0 Å². The summed E-state index contributed by atoms with van der Waals surface area (Å²) in [6, 6.07) is 4.92. The lowest BCUT2D eigenvalue weighted by Crippen LogP contribution is -2.47. The van der Waals surface area contributed by atoms with E-state index in [1.54, 1.807) is 0 Å². The van der Waals surface area contributed by atoms with Crippen molar-refractivity contribution in [3.8, 4) is 0 Å². The number of anilines is 1. The molecule has 0 saturated heterocycles. The first-order valence-electron chi connectivity index (χ1n) is 4.93. The van der Waals surface area contributed by atoms with Gasteiger partial charge in [-0.05, 0) is 19.1 Å². The van der Waals surface area contributed by atoms with Crippen molar-refractivity contribution in [2.45, 2.75) is 19.0 Å². The van der Waals surface area contributed by atoms with E-state index in [1.165, 1.54) is 23.5 Å². The molecule has 0 aromatic heterocycles. The zero-order chi connectivity index (χ0) is 14.8. The lowest BCUT2D eigenvalue weighted by Gasteiger charge is -2.19. The number of benzene rings is 1. The van der Waals surface area contributed by atoms with Crippen LogP contribution in [0.25, 0.3) is 0 Å². The molecule has 0 aliphatic carbocycles. The Kier molecular flexibility index (Phi) is 3.92. The molecule has 0 heterocycles. The predicted molar refractivity (Wildman–Crippen MR) is 56.1 cm³/mol. The number of ketones is 1. The third-order valence-corrected chi connectivity index (χ3v) is 2.20. The van der Waals surface area contributed by atoms with Crippen molar-refractivity contribution in [1.29, 1.82) is 0 Å². The van der Waals surface area contributed by atoms with Crippen LogP contribution in [0, 0.1) is 0 Å². The van der Waals surface area contributed by atoms with Gasteiger partial charge in [0.25, 0.3) is 0 Å². The van der Waals surface area contributed by atoms with Gasteiger partial charge in [0.05, 0.1) is 5.69 Å². The van der Waals surface area contributed by atoms with Crippen LogP contribution in [0.4, 0.5) is 27.6 Å². The van der Waals surface area contributed by atoms with E-state index in [-0.39, 0.29) is 5.56 Å². The van der Waals surface area contributed by atoms with Crippen LogP contribution in [-0.2, 0) is 4.79 Å². The standard InChI is InChI=1S/C11H8F5NO2/c1-6(18)7-4-2-3-5-8(7)17-9(19)10(12,13)11(14,15)16/h2-5H,1H3,(H,17,19). The van der Waals surface area contributed by atoms with Gasteiger partial charge in [-0.3, -0.25) is 9.59 Å². The molecule has 0 radical (unpaired) electrons. The van der Waals surface area contributed by atoms with Crippen LogP contribution >= 0.6 is 0 Å². The number of rotatable bonds is 3. The average Bonchev–Trinajstić information content (AvgIpc) is 2.27. The molecule has 0 unspecified atom stereocenters. The van der Waals surface area contributed by atoms with Crippen molar-refractivity contribution in [3.05, 3.63) is 29.8 Å². The topological polar surface area (TPSA) is 46.2 Å². The Morgan fingerprint density at radius 1 is 1.05 bits per heavy atom. The fourth-order valence-electron chi connectivity index (χ4n) is 1.23. The minimum atomic E-state index is -6.00. The maximum Gasteiger partial charge on any atom is 0.463 e. The van der Waals surface area contributed by atoms with Crippen LogP contribution in [0.15, 0.2) is 24.3 Å². The summed E-state index contributed by atoms with van der Waals surface area (Å²) in [6.07, 6.45) is -6.00. The van der Waals surface area contributed by atoms with Crippen LogP contribution in [-0.4, -0.2) is 23.8 Å². The molecule has 0 aliphatic heterocycles. The van der Waals surface area contributed by atoms with Gasteiger partial charge in [0.15, 0.2) is 5.78 Å². The Labute approximate surface area is 104 Å². The van der Waals surface area contributed by atoms with E-state index in [4.69, 9.17) is 0 Å². The van der Waals surface area contributed by atoms with Crippen molar-refractivity contribution in [1.82, 2.24) is 0 Å². The maximum atomic E-state index is 12.7. The number of hydrogen-bond donors (Lipinski definition) is 1. The second kappa shape index (κ2) is 4.94. The van der Waals surface area contributed by atoms with Gasteiger partial charge >= 0.3 is 18.0 Å². The molecule has 8 heteroatoms. The normalized spacial score (nSPS) is 12.1. The molecule has 1 N–H and O–H groups in total. The van der Waals surface area contributed by atoms with Crippen LogP contribution in [0.5, 0.6) is 0 Å². The van der Waals surface area contributed by atoms with E-state index in [2.05, 4.69) is 0 Å². The molecule has 3 nitrogen and oxygen atoms in total. The van der Waals surface area contributed by atoms with Gasteiger partial charge in [0.1, 0.15) is 0 Å². The Morgan fingerprint density at radius 2 is 1.58 bits per heavy atom. The molecule has 0 saturated carbocycles. The number of carbonyl (C=O) groups is 2. The van der Waals surface area contributed by atoms with E-state index < -0.39 is 29.5 Å². The van der Waals surface area contributed by atoms with Gasteiger partial charge in [0, 0.05) is 5.56 Å². The molecule has 0 atom stereocenters. The molecular formula is C11H8F5NO2. The Balaban J connectivity index is 3.05. The molecule has 0 aliphatic rings. The number of hydrogen-bond acceptors (Lipinski definition) is 2. The molecule has 0 spiro atoms. The Morgan fingerprint density at radius 3 is 2.05 bits per heavy atom. The summed E-state index contributed by atoms with van der Waals surface area (Å²) < 4.78 is 61.3. The van der Waals surface area contributed by atoms with E-state index in [0.717, 1.165) is 13.0 Å². The number of alkyl halides is 5. The van der Waals surface area contributed by atoms with E-state index in [9.17, 15) is 31.5 Å². The molecule has 0 fully saturated rings. The number of carbonyl (C=O) groups excluding carboxylic acids is 2. The third kappa shape index (κ3) is 3.07. The molecule has 19 heavy (non-hydrogen) atoms. The molecule has 1 amide bonds. The summed E-state index contributed by atoms with van der Waals surface area (Å²) in [7, 11) is 0. The van der Waals surface area contributed by atoms with Crippen LogP contribution in [0.2, 0.25) is 0 Å². The number of para-hydroxylation sites is 1. The van der Waals surface area contributed by atoms with Gasteiger partial charge < -0.3 is 5.32 Å². The third-order valence-electron chi connectivity index (χ3n) is 2.20. The van der Waals surface area contributed by atoms with Crippen molar-refractivity contribution in [2.24, 2.45) is 0 Å². The average molecular weight is 281 g/mol. The highest BCUT2D eigenvalue weighted by Gasteiger charge is 2.63. The number of halogens is 5. The number of amides is 1. The SMILES string of the molecule is CC(=O)c1ccccc1NC(=O)C(F)(F)C(F)(F)F. The minimum absolute atomic E-state index is 0.158. The molecule has 1 aromatic rings. The van der Waals surface area contributed by atoms with Crippen molar-refractivity contribution >= 4 is 17.4 Å². The fraction of sp³-hybridized carbons (Fsp3) is 0.273. The summed E-state index contributed by atoms with van der Waals surface area (Å²) in [5, 5.41) is 1.41. The highest BCUT2D eigenvalue weighted by atomic mass is 19.4. The Hall–Kier alpha value is -1.99. The number of nitrogens with one attached hydrogen (secondary N) is 1. The van der Waals surface area contributed by atoms with Crippen LogP contribution in [0.1, 0.15) is 17.3 Å². The first-order valence-corrected chi connectivity index (χ1v) is 4.93. The van der Waals surface area contributed by atoms with Gasteiger partial charge in [-0.1, -0.05) is 12.1 Å². The van der Waals surface area contributed by atoms with Gasteiger partial charge in [-0.15, -0.1) is 0 Å². The minimum Gasteiger partial charge on any atom is -0.320 e. The zero-order valence-electron chi connectivity index (χ0n) is 9.52. The summed E-state index contributed by atoms with van der Waals surface area (Å²) >= 11 is 0.